The lowest BCUT2D eigenvalue weighted by molar-refractivity contribution is 0.288. The van der Waals surface area contributed by atoms with Crippen molar-refractivity contribution in [3.8, 4) is 11.6 Å². The molecule has 7 nitrogen and oxygen atoms in total. The molecule has 1 aliphatic carbocycles. The summed E-state index contributed by atoms with van der Waals surface area (Å²) < 4.78 is 11.3. The quantitative estimate of drug-likeness (QED) is 0.561. The summed E-state index contributed by atoms with van der Waals surface area (Å²) in [5.41, 5.74) is 2.29. The highest BCUT2D eigenvalue weighted by molar-refractivity contribution is 5.80. The van der Waals surface area contributed by atoms with Gasteiger partial charge < -0.3 is 24.6 Å². The number of hydrogen-bond donors (Lipinski definition) is 1. The molecule has 1 N–H and O–H groups in total. The van der Waals surface area contributed by atoms with Crippen LogP contribution in [0.15, 0.2) is 47.6 Å². The molecule has 2 fully saturated rings. The Bertz CT molecular complexity index is 860. The third-order valence-corrected chi connectivity index (χ3v) is 5.63. The molecule has 0 radical (unpaired) electrons. The van der Waals surface area contributed by atoms with Crippen LogP contribution in [0.25, 0.3) is 0 Å². The number of pyridine rings is 1. The van der Waals surface area contributed by atoms with Gasteiger partial charge in [-0.1, -0.05) is 12.1 Å². The monoisotopic (exact) mass is 409 g/mol. The van der Waals surface area contributed by atoms with Gasteiger partial charge >= 0.3 is 0 Å². The van der Waals surface area contributed by atoms with Gasteiger partial charge in [0.15, 0.2) is 5.96 Å². The second-order valence-corrected chi connectivity index (χ2v) is 7.80. The van der Waals surface area contributed by atoms with Gasteiger partial charge in [-0.05, 0) is 42.5 Å². The Morgan fingerprint density at radius 1 is 1.17 bits per heavy atom. The molecule has 1 saturated carbocycles. The van der Waals surface area contributed by atoms with E-state index in [0.29, 0.717) is 12.4 Å². The molecule has 7 heteroatoms. The lowest BCUT2D eigenvalue weighted by Crippen LogP contribution is -2.52. The molecular formula is C23H31N5O2. The van der Waals surface area contributed by atoms with Crippen molar-refractivity contribution in [3.63, 3.8) is 0 Å². The third kappa shape index (κ3) is 5.14. The van der Waals surface area contributed by atoms with Crippen molar-refractivity contribution < 1.29 is 9.47 Å². The molecule has 160 valence electrons. The average Bonchev–Trinajstić information content (AvgIpc) is 3.63. The van der Waals surface area contributed by atoms with Crippen LogP contribution in [0.1, 0.15) is 18.4 Å². The van der Waals surface area contributed by atoms with Gasteiger partial charge in [-0.15, -0.1) is 0 Å². The molecule has 0 atom stereocenters. The fraction of sp³-hybridized carbons (Fsp3) is 0.478. The number of aliphatic imine (C=N–C) groups is 1. The van der Waals surface area contributed by atoms with Gasteiger partial charge in [-0.3, -0.25) is 4.99 Å². The maximum absolute atomic E-state index is 5.80. The summed E-state index contributed by atoms with van der Waals surface area (Å²) in [6.45, 7) is 5.14. The summed E-state index contributed by atoms with van der Waals surface area (Å²) in [4.78, 5) is 13.5. The molecule has 30 heavy (non-hydrogen) atoms. The van der Waals surface area contributed by atoms with Crippen molar-refractivity contribution in [3.05, 3.63) is 48.2 Å². The largest absolute Gasteiger partial charge is 0.495 e. The number of anilines is 1. The van der Waals surface area contributed by atoms with Crippen molar-refractivity contribution in [2.24, 2.45) is 10.9 Å². The van der Waals surface area contributed by atoms with E-state index in [-0.39, 0.29) is 0 Å². The van der Waals surface area contributed by atoms with E-state index in [1.807, 2.05) is 37.5 Å². The Morgan fingerprint density at radius 2 is 1.97 bits per heavy atom. The Hall–Kier alpha value is -2.96. The summed E-state index contributed by atoms with van der Waals surface area (Å²) in [7, 11) is 3.56. The highest BCUT2D eigenvalue weighted by Crippen LogP contribution is 2.29. The Morgan fingerprint density at radius 3 is 2.70 bits per heavy atom. The molecule has 0 unspecified atom stereocenters. The van der Waals surface area contributed by atoms with Crippen LogP contribution in [0.4, 0.5) is 5.69 Å². The van der Waals surface area contributed by atoms with Crippen LogP contribution in [0.3, 0.4) is 0 Å². The zero-order valence-electron chi connectivity index (χ0n) is 17.9. The molecule has 0 spiro atoms. The minimum atomic E-state index is 0.696. The SMILES string of the molecule is CN=C(NCc1ccnc(OCC2CC2)c1)N1CCN(c2ccccc2OC)CC1. The maximum atomic E-state index is 5.80. The van der Waals surface area contributed by atoms with Gasteiger partial charge in [0.25, 0.3) is 0 Å². The number of nitrogens with zero attached hydrogens (tertiary/aromatic N) is 4. The van der Waals surface area contributed by atoms with Crippen molar-refractivity contribution in [2.45, 2.75) is 19.4 Å². The predicted octanol–water partition coefficient (Wildman–Crippen LogP) is 2.78. The zero-order chi connectivity index (χ0) is 20.8. The number of piperazine rings is 1. The van der Waals surface area contributed by atoms with E-state index in [9.17, 15) is 0 Å². The second kappa shape index (κ2) is 9.69. The minimum absolute atomic E-state index is 0.696. The van der Waals surface area contributed by atoms with Gasteiger partial charge in [0.05, 0.1) is 19.4 Å². The number of ether oxygens (including phenoxy) is 2. The van der Waals surface area contributed by atoms with E-state index in [1.54, 1.807) is 7.11 Å². The lowest BCUT2D eigenvalue weighted by Gasteiger charge is -2.38. The standard InChI is InChI=1S/C23H31N5O2/c1-24-23(26-16-19-9-10-25-22(15-19)30-17-18-7-8-18)28-13-11-27(12-14-28)20-5-3-4-6-21(20)29-2/h3-6,9-10,15,18H,7-8,11-14,16-17H2,1-2H3,(H,24,26). The number of guanidine groups is 1. The molecule has 1 aromatic heterocycles. The van der Waals surface area contributed by atoms with Gasteiger partial charge in [0, 0.05) is 52.0 Å². The molecule has 2 aromatic rings. The summed E-state index contributed by atoms with van der Waals surface area (Å²) in [5, 5.41) is 3.49. The van der Waals surface area contributed by atoms with E-state index in [4.69, 9.17) is 9.47 Å². The van der Waals surface area contributed by atoms with Crippen LogP contribution in [-0.2, 0) is 6.54 Å². The third-order valence-electron chi connectivity index (χ3n) is 5.63. The van der Waals surface area contributed by atoms with Crippen LogP contribution in [0.5, 0.6) is 11.6 Å². The highest BCUT2D eigenvalue weighted by Gasteiger charge is 2.23. The van der Waals surface area contributed by atoms with Gasteiger partial charge in [0.1, 0.15) is 5.75 Å². The van der Waals surface area contributed by atoms with Crippen LogP contribution < -0.4 is 19.7 Å². The predicted molar refractivity (Wildman–Crippen MR) is 119 cm³/mol. The smallest absolute Gasteiger partial charge is 0.213 e. The topological polar surface area (TPSA) is 62.2 Å². The fourth-order valence-electron chi connectivity index (χ4n) is 3.69. The first-order valence-electron chi connectivity index (χ1n) is 10.7. The molecule has 0 amide bonds. The van der Waals surface area contributed by atoms with Crippen molar-refractivity contribution >= 4 is 11.6 Å². The maximum Gasteiger partial charge on any atom is 0.213 e. The summed E-state index contributed by atoms with van der Waals surface area (Å²) in [6.07, 6.45) is 4.37. The summed E-state index contributed by atoms with van der Waals surface area (Å²) >= 11 is 0. The summed E-state index contributed by atoms with van der Waals surface area (Å²) in [5.74, 6) is 3.28. The van der Waals surface area contributed by atoms with E-state index >= 15 is 0 Å². The number of para-hydroxylation sites is 2. The number of nitrogens with one attached hydrogen (secondary N) is 1. The van der Waals surface area contributed by atoms with Crippen LogP contribution in [-0.4, -0.2) is 62.8 Å². The number of aromatic nitrogens is 1. The van der Waals surface area contributed by atoms with Gasteiger partial charge in [-0.25, -0.2) is 4.98 Å². The molecule has 1 aliphatic heterocycles. The average molecular weight is 410 g/mol. The number of methoxy groups -OCH3 is 1. The number of benzene rings is 1. The Balaban J connectivity index is 1.29. The van der Waals surface area contributed by atoms with E-state index in [1.165, 1.54) is 12.8 Å². The molecule has 1 aromatic carbocycles. The van der Waals surface area contributed by atoms with Crippen LogP contribution in [0.2, 0.25) is 0 Å². The van der Waals surface area contributed by atoms with E-state index in [2.05, 4.69) is 37.2 Å². The first-order valence-corrected chi connectivity index (χ1v) is 10.7. The van der Waals surface area contributed by atoms with Crippen molar-refractivity contribution in [1.82, 2.24) is 15.2 Å². The van der Waals surface area contributed by atoms with Crippen LogP contribution >= 0.6 is 0 Å². The van der Waals surface area contributed by atoms with Crippen molar-refractivity contribution in [2.75, 3.05) is 51.8 Å². The molecule has 2 heterocycles. The first-order chi connectivity index (χ1) is 14.8. The molecule has 0 bridgehead atoms. The second-order valence-electron chi connectivity index (χ2n) is 7.80. The molecule has 1 saturated heterocycles. The summed E-state index contributed by atoms with van der Waals surface area (Å²) in [6, 6.07) is 12.2. The molecule has 2 aliphatic rings. The lowest BCUT2D eigenvalue weighted by atomic mass is 10.2. The fourth-order valence-corrected chi connectivity index (χ4v) is 3.69. The van der Waals surface area contributed by atoms with Crippen LogP contribution in [0, 0.1) is 5.92 Å². The van der Waals surface area contributed by atoms with Gasteiger partial charge in [0.2, 0.25) is 5.88 Å². The Labute approximate surface area is 178 Å². The number of rotatable bonds is 7. The van der Waals surface area contributed by atoms with E-state index < -0.39 is 0 Å². The normalized spacial score (nSPS) is 17.1. The molecule has 4 rings (SSSR count). The Kier molecular flexibility index (Phi) is 6.57. The van der Waals surface area contributed by atoms with Crippen molar-refractivity contribution in [1.29, 1.82) is 0 Å². The minimum Gasteiger partial charge on any atom is -0.495 e. The zero-order valence-corrected chi connectivity index (χ0v) is 17.9. The van der Waals surface area contributed by atoms with E-state index in [0.717, 1.165) is 61.7 Å². The molecular weight excluding hydrogens is 378 g/mol. The number of hydrogen-bond acceptors (Lipinski definition) is 5. The first kappa shape index (κ1) is 20.3. The van der Waals surface area contributed by atoms with Gasteiger partial charge in [-0.2, -0.15) is 0 Å². The highest BCUT2D eigenvalue weighted by atomic mass is 16.5.